The second-order valence-electron chi connectivity index (χ2n) is 7.46. The SMILES string of the molecule is CN1CC=C(c2cn(C)c3ccc(OCc4ccccc4)cc23)CC1.O=C(O)C(=O)O. The van der Waals surface area contributed by atoms with Gasteiger partial charge in [0, 0.05) is 42.8 Å². The Morgan fingerprint density at radius 2 is 1.74 bits per heavy atom. The van der Waals surface area contributed by atoms with Crippen LogP contribution in [-0.2, 0) is 23.2 Å². The number of benzene rings is 2. The number of aryl methyl sites for hydroxylation is 1. The number of hydrogen-bond acceptors (Lipinski definition) is 4. The smallest absolute Gasteiger partial charge is 0.414 e. The van der Waals surface area contributed by atoms with E-state index in [1.807, 2.05) is 18.2 Å². The maximum absolute atomic E-state index is 9.10. The van der Waals surface area contributed by atoms with Crippen molar-refractivity contribution in [2.75, 3.05) is 20.1 Å². The summed E-state index contributed by atoms with van der Waals surface area (Å²) in [5, 5.41) is 16.1. The first-order valence-corrected chi connectivity index (χ1v) is 9.95. The highest BCUT2D eigenvalue weighted by Crippen LogP contribution is 2.32. The maximum Gasteiger partial charge on any atom is 0.414 e. The molecule has 0 fully saturated rings. The maximum atomic E-state index is 9.10. The number of hydrogen-bond donors (Lipinski definition) is 2. The van der Waals surface area contributed by atoms with Gasteiger partial charge in [-0.1, -0.05) is 36.4 Å². The highest BCUT2D eigenvalue weighted by Gasteiger charge is 2.15. The van der Waals surface area contributed by atoms with Crippen LogP contribution in [0.1, 0.15) is 17.5 Å². The molecule has 1 aliphatic rings. The van der Waals surface area contributed by atoms with E-state index in [1.165, 1.54) is 27.6 Å². The molecule has 0 atom stereocenters. The van der Waals surface area contributed by atoms with Crippen LogP contribution in [0, 0.1) is 0 Å². The fourth-order valence-electron chi connectivity index (χ4n) is 3.47. The highest BCUT2D eigenvalue weighted by molar-refractivity contribution is 6.27. The van der Waals surface area contributed by atoms with Gasteiger partial charge in [-0.3, -0.25) is 0 Å². The zero-order valence-corrected chi connectivity index (χ0v) is 17.6. The van der Waals surface area contributed by atoms with Crippen molar-refractivity contribution < 1.29 is 24.5 Å². The normalized spacial score (nSPS) is 13.8. The number of nitrogens with zero attached hydrogens (tertiary/aromatic N) is 2. The minimum Gasteiger partial charge on any atom is -0.489 e. The van der Waals surface area contributed by atoms with Crippen LogP contribution in [0.5, 0.6) is 5.75 Å². The zero-order chi connectivity index (χ0) is 22.4. The summed E-state index contributed by atoms with van der Waals surface area (Å²) in [6.07, 6.45) is 5.71. The summed E-state index contributed by atoms with van der Waals surface area (Å²) in [5.74, 6) is -2.72. The van der Waals surface area contributed by atoms with Crippen LogP contribution in [0.4, 0.5) is 0 Å². The van der Waals surface area contributed by atoms with Crippen LogP contribution >= 0.6 is 0 Å². The van der Waals surface area contributed by atoms with Gasteiger partial charge in [0.1, 0.15) is 12.4 Å². The van der Waals surface area contributed by atoms with Crippen LogP contribution < -0.4 is 4.74 Å². The third kappa shape index (κ3) is 5.73. The van der Waals surface area contributed by atoms with Gasteiger partial charge in [0.2, 0.25) is 0 Å². The fraction of sp³-hybridized carbons (Fsp3) is 0.250. The summed E-state index contributed by atoms with van der Waals surface area (Å²) in [6, 6.07) is 16.7. The Bertz CT molecular complexity index is 1090. The standard InChI is InChI=1S/C22H24N2O.C2H2O4/c1-23-12-10-18(11-13-23)21-15-24(2)22-9-8-19(14-20(21)22)25-16-17-6-4-3-5-7-17;3-1(4)2(5)6/h3-10,14-15H,11-13,16H2,1-2H3;(H,3,4)(H,5,6). The molecule has 0 aliphatic carbocycles. The van der Waals surface area contributed by atoms with Gasteiger partial charge in [-0.15, -0.1) is 0 Å². The van der Waals surface area contributed by atoms with E-state index in [0.29, 0.717) is 6.61 Å². The van der Waals surface area contributed by atoms with Crippen molar-refractivity contribution in [1.82, 2.24) is 9.47 Å². The summed E-state index contributed by atoms with van der Waals surface area (Å²) in [6.45, 7) is 2.74. The first-order valence-electron chi connectivity index (χ1n) is 9.95. The van der Waals surface area contributed by atoms with Crippen molar-refractivity contribution in [1.29, 1.82) is 0 Å². The Balaban J connectivity index is 0.000000401. The lowest BCUT2D eigenvalue weighted by Crippen LogP contribution is -2.23. The number of carboxylic acid groups (broad SMARTS) is 2. The van der Waals surface area contributed by atoms with Crippen molar-refractivity contribution in [3.05, 3.63) is 71.9 Å². The molecule has 0 spiro atoms. The van der Waals surface area contributed by atoms with Gasteiger partial charge in [-0.05, 0) is 42.8 Å². The third-order valence-electron chi connectivity index (χ3n) is 5.15. The molecule has 7 heteroatoms. The number of fused-ring (bicyclic) bond motifs is 1. The van der Waals surface area contributed by atoms with Crippen LogP contribution in [0.15, 0.2) is 60.8 Å². The minimum absolute atomic E-state index is 0.599. The number of rotatable bonds is 4. The lowest BCUT2D eigenvalue weighted by molar-refractivity contribution is -0.159. The second-order valence-corrected chi connectivity index (χ2v) is 7.46. The molecule has 0 bridgehead atoms. The van der Waals surface area contributed by atoms with Crippen molar-refractivity contribution in [2.45, 2.75) is 13.0 Å². The number of ether oxygens (including phenoxy) is 1. The van der Waals surface area contributed by atoms with Gasteiger partial charge < -0.3 is 24.4 Å². The van der Waals surface area contributed by atoms with Gasteiger partial charge in [0.15, 0.2) is 0 Å². The van der Waals surface area contributed by atoms with E-state index in [-0.39, 0.29) is 0 Å². The lowest BCUT2D eigenvalue weighted by Gasteiger charge is -2.21. The van der Waals surface area contributed by atoms with Gasteiger partial charge in [-0.25, -0.2) is 9.59 Å². The van der Waals surface area contributed by atoms with Crippen LogP contribution in [-0.4, -0.2) is 51.8 Å². The molecular weight excluding hydrogens is 396 g/mol. The molecule has 0 radical (unpaired) electrons. The molecule has 1 aliphatic heterocycles. The molecule has 162 valence electrons. The molecule has 3 aromatic rings. The molecule has 4 rings (SSSR count). The number of aliphatic carboxylic acids is 2. The van der Waals surface area contributed by atoms with Gasteiger partial charge in [-0.2, -0.15) is 0 Å². The molecule has 7 nitrogen and oxygen atoms in total. The van der Waals surface area contributed by atoms with Gasteiger partial charge >= 0.3 is 11.9 Å². The molecular formula is C24H26N2O5. The molecule has 2 N–H and O–H groups in total. The average molecular weight is 422 g/mol. The zero-order valence-electron chi connectivity index (χ0n) is 17.6. The Hall–Kier alpha value is -3.58. The monoisotopic (exact) mass is 422 g/mol. The minimum atomic E-state index is -1.82. The van der Waals surface area contributed by atoms with E-state index in [1.54, 1.807) is 0 Å². The molecule has 0 unspecified atom stereocenters. The largest absolute Gasteiger partial charge is 0.489 e. The van der Waals surface area contributed by atoms with Crippen LogP contribution in [0.3, 0.4) is 0 Å². The van der Waals surface area contributed by atoms with E-state index < -0.39 is 11.9 Å². The van der Waals surface area contributed by atoms with E-state index in [4.69, 9.17) is 24.5 Å². The predicted molar refractivity (Wildman–Crippen MR) is 119 cm³/mol. The average Bonchev–Trinajstić information content (AvgIpc) is 3.10. The first kappa shape index (κ1) is 22.1. The molecule has 2 aromatic carbocycles. The summed E-state index contributed by atoms with van der Waals surface area (Å²) in [4.78, 5) is 20.5. The number of likely N-dealkylation sites (N-methyl/N-ethyl adjacent to an activating group) is 1. The summed E-state index contributed by atoms with van der Waals surface area (Å²) in [5.41, 5.74) is 5.23. The van der Waals surface area contributed by atoms with E-state index >= 15 is 0 Å². The Morgan fingerprint density at radius 1 is 1.03 bits per heavy atom. The van der Waals surface area contributed by atoms with Crippen molar-refractivity contribution in [3.63, 3.8) is 0 Å². The quantitative estimate of drug-likeness (QED) is 0.624. The lowest BCUT2D eigenvalue weighted by atomic mass is 9.99. The van der Waals surface area contributed by atoms with E-state index in [2.05, 4.69) is 66.2 Å². The van der Waals surface area contributed by atoms with Crippen molar-refractivity contribution >= 4 is 28.4 Å². The van der Waals surface area contributed by atoms with Gasteiger partial charge in [0.25, 0.3) is 0 Å². The van der Waals surface area contributed by atoms with Crippen molar-refractivity contribution in [2.24, 2.45) is 7.05 Å². The number of carbonyl (C=O) groups is 2. The molecule has 0 saturated heterocycles. The summed E-state index contributed by atoms with van der Waals surface area (Å²) < 4.78 is 8.24. The molecule has 2 heterocycles. The molecule has 0 saturated carbocycles. The van der Waals surface area contributed by atoms with Crippen LogP contribution in [0.25, 0.3) is 16.5 Å². The highest BCUT2D eigenvalue weighted by atomic mass is 16.5. The first-order chi connectivity index (χ1) is 14.8. The van der Waals surface area contributed by atoms with E-state index in [0.717, 1.165) is 25.3 Å². The fourth-order valence-corrected chi connectivity index (χ4v) is 3.47. The number of carboxylic acids is 2. The predicted octanol–water partition coefficient (Wildman–Crippen LogP) is 3.63. The second kappa shape index (κ2) is 9.95. The summed E-state index contributed by atoms with van der Waals surface area (Å²) >= 11 is 0. The summed E-state index contributed by atoms with van der Waals surface area (Å²) in [7, 11) is 4.29. The third-order valence-corrected chi connectivity index (χ3v) is 5.15. The van der Waals surface area contributed by atoms with Crippen molar-refractivity contribution in [3.8, 4) is 5.75 Å². The molecule has 1 aromatic heterocycles. The Morgan fingerprint density at radius 3 is 2.35 bits per heavy atom. The van der Waals surface area contributed by atoms with Gasteiger partial charge in [0.05, 0.1) is 0 Å². The Labute approximate surface area is 180 Å². The molecule has 0 amide bonds. The number of aromatic nitrogens is 1. The Kier molecular flexibility index (Phi) is 7.10. The topological polar surface area (TPSA) is 92.0 Å². The van der Waals surface area contributed by atoms with E-state index in [9.17, 15) is 0 Å². The molecule has 31 heavy (non-hydrogen) atoms. The van der Waals surface area contributed by atoms with Crippen LogP contribution in [0.2, 0.25) is 0 Å².